The third-order valence-corrected chi connectivity index (χ3v) is 1.79. The number of ether oxygens (including phenoxy) is 4. The van der Waals surface area contributed by atoms with E-state index in [4.69, 9.17) is 18.9 Å². The SMILES string of the molecule is c1ccc2c(c1)OC1(OCO1)O2. The van der Waals surface area contributed by atoms with Crippen LogP contribution in [-0.2, 0) is 9.47 Å². The van der Waals surface area contributed by atoms with Gasteiger partial charge in [-0.15, -0.1) is 0 Å². The van der Waals surface area contributed by atoms with Gasteiger partial charge in [0, 0.05) is 0 Å². The Morgan fingerprint density at radius 3 is 2.00 bits per heavy atom. The Kier molecular flexibility index (Phi) is 0.999. The zero-order chi connectivity index (χ0) is 8.02. The molecule has 3 rings (SSSR count). The van der Waals surface area contributed by atoms with Crippen molar-refractivity contribution >= 4 is 0 Å². The summed E-state index contributed by atoms with van der Waals surface area (Å²) in [6.45, 7) is 0.216. The lowest BCUT2D eigenvalue weighted by Gasteiger charge is -2.32. The largest absolute Gasteiger partial charge is 0.514 e. The molecule has 0 N–H and O–H groups in total. The molecule has 0 saturated carbocycles. The van der Waals surface area contributed by atoms with Crippen molar-refractivity contribution in [3.63, 3.8) is 0 Å². The van der Waals surface area contributed by atoms with Gasteiger partial charge in [0.25, 0.3) is 0 Å². The molecule has 0 atom stereocenters. The number of para-hydroxylation sites is 2. The van der Waals surface area contributed by atoms with Crippen molar-refractivity contribution in [2.45, 2.75) is 6.16 Å². The maximum atomic E-state index is 5.26. The molecule has 2 aliphatic rings. The quantitative estimate of drug-likeness (QED) is 0.577. The molecule has 1 saturated heterocycles. The predicted molar refractivity (Wildman–Crippen MR) is 37.5 cm³/mol. The number of hydrogen-bond donors (Lipinski definition) is 0. The predicted octanol–water partition coefficient (Wildman–Crippen LogP) is 1.07. The van der Waals surface area contributed by atoms with E-state index < -0.39 is 6.16 Å². The average molecular weight is 166 g/mol. The van der Waals surface area contributed by atoms with Gasteiger partial charge in [-0.3, -0.25) is 9.47 Å². The van der Waals surface area contributed by atoms with Gasteiger partial charge in [-0.05, 0) is 12.1 Å². The van der Waals surface area contributed by atoms with Crippen LogP contribution in [0.1, 0.15) is 0 Å². The van der Waals surface area contributed by atoms with Crippen LogP contribution in [0, 0.1) is 0 Å². The van der Waals surface area contributed by atoms with Gasteiger partial charge in [0.2, 0.25) is 0 Å². The van der Waals surface area contributed by atoms with E-state index in [0.29, 0.717) is 11.5 Å². The highest BCUT2D eigenvalue weighted by atomic mass is 17.1. The van der Waals surface area contributed by atoms with E-state index in [-0.39, 0.29) is 6.79 Å². The molecule has 4 heteroatoms. The van der Waals surface area contributed by atoms with E-state index in [9.17, 15) is 0 Å². The highest BCUT2D eigenvalue weighted by Gasteiger charge is 2.52. The second-order valence-corrected chi connectivity index (χ2v) is 2.56. The first-order valence-electron chi connectivity index (χ1n) is 3.63. The fourth-order valence-corrected chi connectivity index (χ4v) is 1.18. The number of fused-ring (bicyclic) bond motifs is 1. The standard InChI is InChI=1S/C8H6O4/c1-2-4-7-6(3-1)11-8(12-7)9-5-10-8/h1-4H,5H2. The molecule has 0 amide bonds. The molecule has 0 aromatic heterocycles. The normalized spacial score (nSPS) is 22.3. The number of rotatable bonds is 0. The molecule has 2 aliphatic heterocycles. The fourth-order valence-electron chi connectivity index (χ4n) is 1.18. The van der Waals surface area contributed by atoms with Gasteiger partial charge in [0.15, 0.2) is 18.3 Å². The van der Waals surface area contributed by atoms with E-state index in [1.54, 1.807) is 12.1 Å². The minimum Gasteiger partial charge on any atom is -0.402 e. The van der Waals surface area contributed by atoms with Gasteiger partial charge in [-0.2, -0.15) is 0 Å². The van der Waals surface area contributed by atoms with Gasteiger partial charge in [-0.25, -0.2) is 0 Å². The van der Waals surface area contributed by atoms with E-state index >= 15 is 0 Å². The van der Waals surface area contributed by atoms with E-state index in [1.165, 1.54) is 0 Å². The van der Waals surface area contributed by atoms with Gasteiger partial charge in [-0.1, -0.05) is 12.1 Å². The van der Waals surface area contributed by atoms with Gasteiger partial charge in [0.1, 0.15) is 0 Å². The van der Waals surface area contributed by atoms with Crippen LogP contribution in [0.25, 0.3) is 0 Å². The average Bonchev–Trinajstić information content (AvgIpc) is 2.42. The first kappa shape index (κ1) is 6.28. The zero-order valence-electron chi connectivity index (χ0n) is 6.15. The summed E-state index contributed by atoms with van der Waals surface area (Å²) in [5.41, 5.74) is 0. The molecule has 1 aromatic carbocycles. The van der Waals surface area contributed by atoms with Crippen molar-refractivity contribution in [2.24, 2.45) is 0 Å². The molecular weight excluding hydrogens is 160 g/mol. The number of benzene rings is 1. The first-order valence-corrected chi connectivity index (χ1v) is 3.63. The topological polar surface area (TPSA) is 36.9 Å². The lowest BCUT2D eigenvalue weighted by molar-refractivity contribution is -0.540. The molecule has 1 fully saturated rings. The van der Waals surface area contributed by atoms with Crippen LogP contribution in [0.5, 0.6) is 11.5 Å². The molecule has 2 heterocycles. The van der Waals surface area contributed by atoms with Gasteiger partial charge < -0.3 is 9.47 Å². The lowest BCUT2D eigenvalue weighted by Crippen LogP contribution is -2.53. The minimum absolute atomic E-state index is 0.216. The van der Waals surface area contributed by atoms with E-state index in [0.717, 1.165) is 0 Å². The van der Waals surface area contributed by atoms with Crippen molar-refractivity contribution < 1.29 is 18.9 Å². The summed E-state index contributed by atoms with van der Waals surface area (Å²) >= 11 is 0. The molecule has 0 radical (unpaired) electrons. The minimum atomic E-state index is -1.27. The monoisotopic (exact) mass is 166 g/mol. The van der Waals surface area contributed by atoms with Crippen molar-refractivity contribution in [3.05, 3.63) is 24.3 Å². The summed E-state index contributed by atoms with van der Waals surface area (Å²) in [6.07, 6.45) is -1.27. The van der Waals surface area contributed by atoms with Crippen LogP contribution in [0.3, 0.4) is 0 Å². The van der Waals surface area contributed by atoms with E-state index in [1.807, 2.05) is 12.1 Å². The van der Waals surface area contributed by atoms with Crippen LogP contribution < -0.4 is 9.47 Å². The van der Waals surface area contributed by atoms with Crippen LogP contribution in [0.2, 0.25) is 0 Å². The van der Waals surface area contributed by atoms with Gasteiger partial charge >= 0.3 is 6.16 Å². The molecule has 0 unspecified atom stereocenters. The van der Waals surface area contributed by atoms with Crippen molar-refractivity contribution in [2.75, 3.05) is 6.79 Å². The summed E-state index contributed by atoms with van der Waals surface area (Å²) < 4.78 is 20.5. The third kappa shape index (κ3) is 0.680. The molecule has 4 nitrogen and oxygen atoms in total. The van der Waals surface area contributed by atoms with Crippen molar-refractivity contribution in [1.82, 2.24) is 0 Å². The Bertz CT molecular complexity index is 292. The molecule has 12 heavy (non-hydrogen) atoms. The number of hydrogen-bond acceptors (Lipinski definition) is 4. The highest BCUT2D eigenvalue weighted by Crippen LogP contribution is 2.42. The molecule has 0 aliphatic carbocycles. The summed E-state index contributed by atoms with van der Waals surface area (Å²) in [5.74, 6) is 1.30. The van der Waals surface area contributed by atoms with Crippen molar-refractivity contribution in [1.29, 1.82) is 0 Å². The first-order chi connectivity index (χ1) is 5.88. The lowest BCUT2D eigenvalue weighted by atomic mass is 10.3. The van der Waals surface area contributed by atoms with Crippen molar-refractivity contribution in [3.8, 4) is 11.5 Å². The Balaban J connectivity index is 1.99. The van der Waals surface area contributed by atoms with E-state index in [2.05, 4.69) is 0 Å². The van der Waals surface area contributed by atoms with Crippen LogP contribution in [-0.4, -0.2) is 13.0 Å². The van der Waals surface area contributed by atoms with Crippen LogP contribution in [0.4, 0.5) is 0 Å². The fraction of sp³-hybridized carbons (Fsp3) is 0.250. The summed E-state index contributed by atoms with van der Waals surface area (Å²) in [7, 11) is 0. The summed E-state index contributed by atoms with van der Waals surface area (Å²) in [4.78, 5) is 0. The Labute approximate surface area is 68.6 Å². The summed E-state index contributed by atoms with van der Waals surface area (Å²) in [5, 5.41) is 0. The highest BCUT2D eigenvalue weighted by molar-refractivity contribution is 5.42. The third-order valence-electron chi connectivity index (χ3n) is 1.79. The second kappa shape index (κ2) is 1.91. The smallest absolute Gasteiger partial charge is 0.402 e. The zero-order valence-corrected chi connectivity index (χ0v) is 6.15. The second-order valence-electron chi connectivity index (χ2n) is 2.56. The Morgan fingerprint density at radius 1 is 1.00 bits per heavy atom. The van der Waals surface area contributed by atoms with Crippen LogP contribution >= 0.6 is 0 Å². The van der Waals surface area contributed by atoms with Crippen LogP contribution in [0.15, 0.2) is 24.3 Å². The molecule has 1 aromatic rings. The molecular formula is C8H6O4. The Morgan fingerprint density at radius 2 is 1.58 bits per heavy atom. The molecule has 0 bridgehead atoms. The molecule has 62 valence electrons. The summed E-state index contributed by atoms with van der Waals surface area (Å²) in [6, 6.07) is 7.32. The van der Waals surface area contributed by atoms with Gasteiger partial charge in [0.05, 0.1) is 0 Å². The maximum absolute atomic E-state index is 5.26. The maximum Gasteiger partial charge on any atom is 0.514 e. The Hall–Kier alpha value is -1.26. The molecule has 1 spiro atoms.